The first-order chi connectivity index (χ1) is 13.7. The molecule has 2 atom stereocenters. The second-order valence-corrected chi connectivity index (χ2v) is 7.98. The van der Waals surface area contributed by atoms with Crippen LogP contribution in [0.25, 0.3) is 0 Å². The molecule has 0 N–H and O–H groups in total. The van der Waals surface area contributed by atoms with Gasteiger partial charge in [-0.15, -0.1) is 0 Å². The Morgan fingerprint density at radius 3 is 2.21 bits per heavy atom. The van der Waals surface area contributed by atoms with Crippen molar-refractivity contribution in [2.24, 2.45) is 11.8 Å². The van der Waals surface area contributed by atoms with E-state index in [-0.39, 0.29) is 23.7 Å². The topological polar surface area (TPSA) is 62.3 Å². The van der Waals surface area contributed by atoms with Gasteiger partial charge in [-0.2, -0.15) is 0 Å². The summed E-state index contributed by atoms with van der Waals surface area (Å²) in [6.07, 6.45) is 5.47. The zero-order valence-electron chi connectivity index (χ0n) is 15.9. The number of piperazine rings is 1. The van der Waals surface area contributed by atoms with Crippen LogP contribution in [0.15, 0.2) is 30.4 Å². The van der Waals surface area contributed by atoms with Gasteiger partial charge in [-0.1, -0.05) is 18.2 Å². The van der Waals surface area contributed by atoms with E-state index >= 15 is 0 Å². The molecule has 3 aliphatic heterocycles. The number of fused-ring (bicyclic) bond motifs is 2. The number of ether oxygens (including phenoxy) is 2. The number of likely N-dealkylation sites (tertiary alicyclic amines) is 1. The van der Waals surface area contributed by atoms with E-state index in [0.717, 1.165) is 44.2 Å². The minimum atomic E-state index is -0.134. The zero-order chi connectivity index (χ0) is 19.1. The molecule has 0 bridgehead atoms. The van der Waals surface area contributed by atoms with E-state index in [1.54, 1.807) is 0 Å². The van der Waals surface area contributed by atoms with Crippen molar-refractivity contribution >= 4 is 11.8 Å². The number of amides is 2. The molecule has 3 heterocycles. The molecular weight excluding hydrogens is 358 g/mol. The first-order valence-electron chi connectivity index (χ1n) is 10.0. The summed E-state index contributed by atoms with van der Waals surface area (Å²) in [4.78, 5) is 31.4. The van der Waals surface area contributed by atoms with Crippen molar-refractivity contribution in [3.05, 3.63) is 35.9 Å². The normalized spacial score (nSPS) is 27.5. The van der Waals surface area contributed by atoms with Crippen LogP contribution in [0, 0.1) is 11.8 Å². The molecule has 1 aromatic carbocycles. The Morgan fingerprint density at radius 1 is 0.857 bits per heavy atom. The molecule has 148 valence electrons. The van der Waals surface area contributed by atoms with Crippen LogP contribution < -0.4 is 9.47 Å². The van der Waals surface area contributed by atoms with Crippen LogP contribution in [0.2, 0.25) is 0 Å². The average molecular weight is 383 g/mol. The lowest BCUT2D eigenvalue weighted by molar-refractivity contribution is -0.142. The quantitative estimate of drug-likeness (QED) is 0.579. The highest BCUT2D eigenvalue weighted by Gasteiger charge is 2.47. The van der Waals surface area contributed by atoms with Crippen molar-refractivity contribution in [1.82, 2.24) is 14.7 Å². The van der Waals surface area contributed by atoms with Crippen LogP contribution >= 0.6 is 0 Å². The summed E-state index contributed by atoms with van der Waals surface area (Å²) in [5.74, 6) is 1.39. The van der Waals surface area contributed by atoms with Gasteiger partial charge in [0.2, 0.25) is 18.6 Å². The lowest BCUT2D eigenvalue weighted by Gasteiger charge is -2.36. The van der Waals surface area contributed by atoms with Gasteiger partial charge in [-0.25, -0.2) is 0 Å². The van der Waals surface area contributed by atoms with Gasteiger partial charge in [0.05, 0.1) is 18.5 Å². The number of carbonyl (C=O) groups excluding carboxylic acids is 2. The highest BCUT2D eigenvalue weighted by Crippen LogP contribution is 2.35. The lowest BCUT2D eigenvalue weighted by Crippen LogP contribution is -2.51. The molecule has 7 heteroatoms. The molecule has 0 unspecified atom stereocenters. The van der Waals surface area contributed by atoms with Crippen LogP contribution in [0.5, 0.6) is 11.5 Å². The zero-order valence-corrected chi connectivity index (χ0v) is 15.9. The molecule has 1 aliphatic carbocycles. The van der Waals surface area contributed by atoms with E-state index in [2.05, 4.69) is 15.9 Å². The molecule has 1 aromatic rings. The van der Waals surface area contributed by atoms with E-state index in [1.165, 1.54) is 10.5 Å². The van der Waals surface area contributed by atoms with E-state index in [4.69, 9.17) is 9.47 Å². The fourth-order valence-electron chi connectivity index (χ4n) is 4.59. The number of imide groups is 1. The van der Waals surface area contributed by atoms with Gasteiger partial charge in [0.1, 0.15) is 0 Å². The summed E-state index contributed by atoms with van der Waals surface area (Å²) in [5.41, 5.74) is 1.21. The minimum absolute atomic E-state index is 0.0159. The van der Waals surface area contributed by atoms with E-state index in [9.17, 15) is 9.59 Å². The maximum Gasteiger partial charge on any atom is 0.234 e. The van der Waals surface area contributed by atoms with Gasteiger partial charge in [-0.3, -0.25) is 24.3 Å². The van der Waals surface area contributed by atoms with Crippen molar-refractivity contribution < 1.29 is 19.1 Å². The maximum atomic E-state index is 12.6. The SMILES string of the molecule is O=C1[C@@H]2CC=CC[C@H]2C(=O)N1CN1CCN(Cc2ccc3c(c2)OCO3)CC1. The summed E-state index contributed by atoms with van der Waals surface area (Å²) in [6, 6.07) is 6.09. The van der Waals surface area contributed by atoms with Crippen molar-refractivity contribution in [1.29, 1.82) is 0 Å². The number of carbonyl (C=O) groups is 2. The van der Waals surface area contributed by atoms with Crippen molar-refractivity contribution in [3.63, 3.8) is 0 Å². The van der Waals surface area contributed by atoms with Crippen LogP contribution in [0.1, 0.15) is 18.4 Å². The molecule has 0 radical (unpaired) electrons. The van der Waals surface area contributed by atoms with Crippen LogP contribution in [0.3, 0.4) is 0 Å². The highest BCUT2D eigenvalue weighted by atomic mass is 16.7. The second kappa shape index (κ2) is 7.22. The van der Waals surface area contributed by atoms with Crippen LogP contribution in [-0.4, -0.2) is 66.2 Å². The third-order valence-corrected chi connectivity index (χ3v) is 6.25. The Bertz CT molecular complexity index is 790. The Morgan fingerprint density at radius 2 is 1.50 bits per heavy atom. The van der Waals surface area contributed by atoms with E-state index < -0.39 is 0 Å². The first kappa shape index (κ1) is 17.7. The van der Waals surface area contributed by atoms with Crippen LogP contribution in [0.4, 0.5) is 0 Å². The Kier molecular flexibility index (Phi) is 4.56. The summed E-state index contributed by atoms with van der Waals surface area (Å²) in [6.45, 7) is 5.14. The van der Waals surface area contributed by atoms with Gasteiger partial charge in [0, 0.05) is 32.7 Å². The first-order valence-corrected chi connectivity index (χ1v) is 10.0. The number of nitrogens with zero attached hydrogens (tertiary/aromatic N) is 3. The number of hydrogen-bond acceptors (Lipinski definition) is 6. The van der Waals surface area contributed by atoms with Gasteiger partial charge in [0.15, 0.2) is 11.5 Å². The van der Waals surface area contributed by atoms with E-state index in [1.807, 2.05) is 24.3 Å². The minimum Gasteiger partial charge on any atom is -0.454 e. The number of rotatable bonds is 4. The third kappa shape index (κ3) is 3.18. The largest absolute Gasteiger partial charge is 0.454 e. The summed E-state index contributed by atoms with van der Waals surface area (Å²) in [5, 5.41) is 0. The van der Waals surface area contributed by atoms with Crippen molar-refractivity contribution in [2.75, 3.05) is 39.6 Å². The molecule has 28 heavy (non-hydrogen) atoms. The van der Waals surface area contributed by atoms with Gasteiger partial charge in [-0.05, 0) is 30.5 Å². The fourth-order valence-corrected chi connectivity index (χ4v) is 4.59. The summed E-state index contributed by atoms with van der Waals surface area (Å²) < 4.78 is 10.8. The smallest absolute Gasteiger partial charge is 0.234 e. The molecule has 2 saturated heterocycles. The average Bonchev–Trinajstić information content (AvgIpc) is 3.28. The molecular formula is C21H25N3O4. The Hall–Kier alpha value is -2.38. The number of benzene rings is 1. The third-order valence-electron chi connectivity index (χ3n) is 6.25. The summed E-state index contributed by atoms with van der Waals surface area (Å²) >= 11 is 0. The molecule has 4 aliphatic rings. The monoisotopic (exact) mass is 383 g/mol. The van der Waals surface area contributed by atoms with Gasteiger partial charge in [0.25, 0.3) is 0 Å². The maximum absolute atomic E-state index is 12.6. The van der Waals surface area contributed by atoms with Crippen LogP contribution in [-0.2, 0) is 16.1 Å². The Labute approximate surface area is 164 Å². The highest BCUT2D eigenvalue weighted by molar-refractivity contribution is 6.05. The van der Waals surface area contributed by atoms with E-state index in [0.29, 0.717) is 26.3 Å². The standard InChI is InChI=1S/C21H25N3O4/c25-20-16-3-1-2-4-17(16)21(26)24(20)13-23-9-7-22(8-10-23)12-15-5-6-18-19(11-15)28-14-27-18/h1-2,5-6,11,16-17H,3-4,7-10,12-14H2/t16-,17-/m1/s1. The molecule has 5 rings (SSSR count). The second-order valence-electron chi connectivity index (χ2n) is 7.98. The Balaban J connectivity index is 1.14. The predicted octanol–water partition coefficient (Wildman–Crippen LogP) is 1.44. The number of allylic oxidation sites excluding steroid dienone is 2. The molecule has 0 spiro atoms. The van der Waals surface area contributed by atoms with Crippen molar-refractivity contribution in [2.45, 2.75) is 19.4 Å². The van der Waals surface area contributed by atoms with Gasteiger partial charge >= 0.3 is 0 Å². The summed E-state index contributed by atoms with van der Waals surface area (Å²) in [7, 11) is 0. The number of hydrogen-bond donors (Lipinski definition) is 0. The lowest BCUT2D eigenvalue weighted by atomic mass is 9.85. The molecule has 0 saturated carbocycles. The molecule has 7 nitrogen and oxygen atoms in total. The molecule has 2 fully saturated rings. The van der Waals surface area contributed by atoms with Crippen molar-refractivity contribution in [3.8, 4) is 11.5 Å². The predicted molar refractivity (Wildman–Crippen MR) is 101 cm³/mol. The van der Waals surface area contributed by atoms with Gasteiger partial charge < -0.3 is 9.47 Å². The molecule has 2 amide bonds. The fraction of sp³-hybridized carbons (Fsp3) is 0.524. The molecule has 0 aromatic heterocycles.